The van der Waals surface area contributed by atoms with Gasteiger partial charge in [-0.2, -0.15) is 0 Å². The van der Waals surface area contributed by atoms with Crippen LogP contribution in [0.1, 0.15) is 18.4 Å². The fourth-order valence-electron chi connectivity index (χ4n) is 2.12. The van der Waals surface area contributed by atoms with Crippen molar-refractivity contribution >= 4 is 17.6 Å². The number of halogens is 1. The van der Waals surface area contributed by atoms with E-state index in [1.54, 1.807) is 6.92 Å². The predicted molar refractivity (Wildman–Crippen MR) is 77.6 cm³/mol. The Hall–Kier alpha value is -1.80. The quantitative estimate of drug-likeness (QED) is 0.851. The van der Waals surface area contributed by atoms with Crippen molar-refractivity contribution < 1.29 is 9.90 Å². The van der Waals surface area contributed by atoms with E-state index in [1.165, 1.54) is 0 Å². The highest BCUT2D eigenvalue weighted by Gasteiger charge is 2.24. The number of carboxylic acids is 1. The maximum Gasteiger partial charge on any atom is 0.312 e. The van der Waals surface area contributed by atoms with Crippen molar-refractivity contribution in [2.24, 2.45) is 0 Å². The van der Waals surface area contributed by atoms with Gasteiger partial charge in [0.2, 0.25) is 0 Å². The number of aliphatic carboxylic acids is 1. The van der Waals surface area contributed by atoms with E-state index >= 15 is 0 Å². The van der Waals surface area contributed by atoms with Crippen molar-refractivity contribution in [1.29, 1.82) is 0 Å². The molecule has 2 nitrogen and oxygen atoms in total. The summed E-state index contributed by atoms with van der Waals surface area (Å²) in [4.78, 5) is 11.2. The fraction of sp³-hybridized carbons (Fsp3) is 0.188. The number of alkyl halides is 1. The van der Waals surface area contributed by atoms with Gasteiger partial charge in [-0.15, -0.1) is 11.6 Å². The lowest BCUT2D eigenvalue weighted by molar-refractivity contribution is -0.138. The number of rotatable bonds is 4. The van der Waals surface area contributed by atoms with Gasteiger partial charge in [0.1, 0.15) is 0 Å². The van der Waals surface area contributed by atoms with E-state index in [2.05, 4.69) is 0 Å². The molecule has 0 aliphatic heterocycles. The molecular formula is C16H15ClO2. The first-order chi connectivity index (χ1) is 9.09. The first kappa shape index (κ1) is 13.6. The van der Waals surface area contributed by atoms with Crippen molar-refractivity contribution in [2.75, 3.05) is 0 Å². The third-order valence-electron chi connectivity index (χ3n) is 3.10. The maximum atomic E-state index is 11.2. The van der Waals surface area contributed by atoms with Crippen LogP contribution in [0.3, 0.4) is 0 Å². The number of hydrogen-bond donors (Lipinski definition) is 1. The molecule has 0 bridgehead atoms. The Morgan fingerprint density at radius 3 is 2.00 bits per heavy atom. The highest BCUT2D eigenvalue weighted by Crippen LogP contribution is 2.27. The number of hydrogen-bond acceptors (Lipinski definition) is 1. The first-order valence-corrected chi connectivity index (χ1v) is 6.55. The second-order valence-electron chi connectivity index (χ2n) is 4.48. The molecule has 0 aliphatic rings. The molecule has 0 heterocycles. The van der Waals surface area contributed by atoms with Gasteiger partial charge in [0.05, 0.1) is 5.92 Å². The smallest absolute Gasteiger partial charge is 0.312 e. The zero-order valence-corrected chi connectivity index (χ0v) is 11.3. The molecule has 0 spiro atoms. The standard InChI is InChI=1S/C16H15ClO2/c1-11(17)15(16(18)19)14-9-7-13(8-10-14)12-5-3-2-4-6-12/h2-11,15H,1H3,(H,18,19). The van der Waals surface area contributed by atoms with E-state index in [0.29, 0.717) is 0 Å². The summed E-state index contributed by atoms with van der Waals surface area (Å²) >= 11 is 5.95. The van der Waals surface area contributed by atoms with E-state index < -0.39 is 17.3 Å². The largest absolute Gasteiger partial charge is 0.481 e. The van der Waals surface area contributed by atoms with Crippen molar-refractivity contribution in [1.82, 2.24) is 0 Å². The Labute approximate surface area is 117 Å². The SMILES string of the molecule is CC(Cl)C(C(=O)O)c1ccc(-c2ccccc2)cc1. The van der Waals surface area contributed by atoms with Gasteiger partial charge in [0.25, 0.3) is 0 Å². The van der Waals surface area contributed by atoms with Crippen LogP contribution < -0.4 is 0 Å². The van der Waals surface area contributed by atoms with Gasteiger partial charge >= 0.3 is 5.97 Å². The predicted octanol–water partition coefficient (Wildman–Crippen LogP) is 4.15. The highest BCUT2D eigenvalue weighted by molar-refractivity contribution is 6.22. The van der Waals surface area contributed by atoms with Gasteiger partial charge in [0, 0.05) is 5.38 Å². The molecule has 0 amide bonds. The zero-order valence-electron chi connectivity index (χ0n) is 10.6. The lowest BCUT2D eigenvalue weighted by Gasteiger charge is -2.15. The molecule has 2 aromatic carbocycles. The Bertz CT molecular complexity index is 547. The summed E-state index contributed by atoms with van der Waals surface area (Å²) in [6.07, 6.45) is 0. The molecule has 1 N–H and O–H groups in total. The third-order valence-corrected chi connectivity index (χ3v) is 3.35. The van der Waals surface area contributed by atoms with Gasteiger partial charge in [-0.1, -0.05) is 54.6 Å². The van der Waals surface area contributed by atoms with Crippen molar-refractivity contribution in [2.45, 2.75) is 18.2 Å². The van der Waals surface area contributed by atoms with Crippen LogP contribution in [0.4, 0.5) is 0 Å². The summed E-state index contributed by atoms with van der Waals surface area (Å²) in [5.74, 6) is -1.57. The van der Waals surface area contributed by atoms with Gasteiger partial charge in [0.15, 0.2) is 0 Å². The zero-order chi connectivity index (χ0) is 13.8. The highest BCUT2D eigenvalue weighted by atomic mass is 35.5. The minimum atomic E-state index is -0.894. The summed E-state index contributed by atoms with van der Waals surface area (Å²) in [6, 6.07) is 17.5. The molecule has 0 aromatic heterocycles. The van der Waals surface area contributed by atoms with E-state index in [1.807, 2.05) is 54.6 Å². The van der Waals surface area contributed by atoms with Crippen LogP contribution in [0.15, 0.2) is 54.6 Å². The molecule has 0 radical (unpaired) electrons. The molecular weight excluding hydrogens is 260 g/mol. The average Bonchev–Trinajstić information content (AvgIpc) is 2.40. The van der Waals surface area contributed by atoms with Crippen LogP contribution in [-0.4, -0.2) is 16.5 Å². The van der Waals surface area contributed by atoms with Crippen LogP contribution >= 0.6 is 11.6 Å². The molecule has 0 fully saturated rings. The lowest BCUT2D eigenvalue weighted by Crippen LogP contribution is -2.19. The molecule has 0 saturated heterocycles. The van der Waals surface area contributed by atoms with Gasteiger partial charge in [-0.05, 0) is 23.6 Å². The number of carbonyl (C=O) groups is 1. The summed E-state index contributed by atoms with van der Waals surface area (Å²) < 4.78 is 0. The number of benzene rings is 2. The molecule has 98 valence electrons. The van der Waals surface area contributed by atoms with E-state index in [9.17, 15) is 9.90 Å². The minimum Gasteiger partial charge on any atom is -0.481 e. The average molecular weight is 275 g/mol. The monoisotopic (exact) mass is 274 g/mol. The Balaban J connectivity index is 2.30. The van der Waals surface area contributed by atoms with Gasteiger partial charge in [-0.25, -0.2) is 0 Å². The molecule has 2 rings (SSSR count). The Morgan fingerprint density at radius 1 is 1.00 bits per heavy atom. The Morgan fingerprint density at radius 2 is 1.53 bits per heavy atom. The topological polar surface area (TPSA) is 37.3 Å². The van der Waals surface area contributed by atoms with E-state index in [-0.39, 0.29) is 0 Å². The van der Waals surface area contributed by atoms with Crippen LogP contribution in [0.5, 0.6) is 0 Å². The van der Waals surface area contributed by atoms with Crippen LogP contribution in [0, 0.1) is 0 Å². The van der Waals surface area contributed by atoms with Crippen molar-refractivity contribution in [3.63, 3.8) is 0 Å². The molecule has 3 heteroatoms. The van der Waals surface area contributed by atoms with Gasteiger partial charge in [-0.3, -0.25) is 4.79 Å². The molecule has 2 unspecified atom stereocenters. The summed E-state index contributed by atoms with van der Waals surface area (Å²) in [6.45, 7) is 1.70. The van der Waals surface area contributed by atoms with Crippen LogP contribution in [-0.2, 0) is 4.79 Å². The fourth-order valence-corrected chi connectivity index (χ4v) is 2.37. The molecule has 2 aromatic rings. The summed E-state index contributed by atoms with van der Waals surface area (Å²) in [7, 11) is 0. The van der Waals surface area contributed by atoms with Crippen LogP contribution in [0.25, 0.3) is 11.1 Å². The minimum absolute atomic E-state index is 0.444. The summed E-state index contributed by atoms with van der Waals surface area (Å²) in [5, 5.41) is 8.75. The maximum absolute atomic E-state index is 11.2. The van der Waals surface area contributed by atoms with Crippen molar-refractivity contribution in [3.05, 3.63) is 60.2 Å². The molecule has 0 saturated carbocycles. The second kappa shape index (κ2) is 5.89. The van der Waals surface area contributed by atoms with Crippen molar-refractivity contribution in [3.8, 4) is 11.1 Å². The third kappa shape index (κ3) is 3.15. The van der Waals surface area contributed by atoms with Crippen LogP contribution in [0.2, 0.25) is 0 Å². The lowest BCUT2D eigenvalue weighted by atomic mass is 9.94. The first-order valence-electron chi connectivity index (χ1n) is 6.12. The molecule has 19 heavy (non-hydrogen) atoms. The summed E-state index contributed by atoms with van der Waals surface area (Å²) in [5.41, 5.74) is 2.91. The normalized spacial score (nSPS) is 13.8. The Kier molecular flexibility index (Phi) is 4.23. The molecule has 0 aliphatic carbocycles. The van der Waals surface area contributed by atoms with E-state index in [0.717, 1.165) is 16.7 Å². The molecule has 2 atom stereocenters. The second-order valence-corrected chi connectivity index (χ2v) is 5.17. The number of carboxylic acid groups (broad SMARTS) is 1. The van der Waals surface area contributed by atoms with E-state index in [4.69, 9.17) is 11.6 Å². The van der Waals surface area contributed by atoms with Gasteiger partial charge < -0.3 is 5.11 Å².